The molecule has 1 aromatic heterocycles. The van der Waals surface area contributed by atoms with Crippen LogP contribution in [0.1, 0.15) is 37.7 Å². The molecule has 2 atom stereocenters. The van der Waals surface area contributed by atoms with Crippen LogP contribution in [0.4, 0.5) is 0 Å². The molecule has 2 aromatic rings. The normalized spacial score (nSPS) is 20.7. The van der Waals surface area contributed by atoms with Gasteiger partial charge < -0.3 is 10.6 Å². The van der Waals surface area contributed by atoms with Gasteiger partial charge in [0.15, 0.2) is 5.78 Å². The summed E-state index contributed by atoms with van der Waals surface area (Å²) in [6, 6.07) is 13.7. The summed E-state index contributed by atoms with van der Waals surface area (Å²) < 4.78 is 0. The molecule has 1 saturated heterocycles. The molecule has 0 aliphatic carbocycles. The lowest BCUT2D eigenvalue weighted by atomic mass is 9.89. The van der Waals surface area contributed by atoms with E-state index in [1.54, 1.807) is 12.1 Å². The highest BCUT2D eigenvalue weighted by Crippen LogP contribution is 2.33. The monoisotopic (exact) mass is 328 g/mol. The van der Waals surface area contributed by atoms with Gasteiger partial charge in [0, 0.05) is 19.0 Å². The second-order valence-electron chi connectivity index (χ2n) is 5.94. The van der Waals surface area contributed by atoms with E-state index in [1.807, 2.05) is 23.1 Å². The summed E-state index contributed by atoms with van der Waals surface area (Å²) in [5.41, 5.74) is 7.16. The van der Waals surface area contributed by atoms with Crippen LogP contribution < -0.4 is 5.73 Å². The number of hydrogen-bond donors (Lipinski definition) is 1. The Bertz CT molecular complexity index is 711. The quantitative estimate of drug-likeness (QED) is 0.878. The Morgan fingerprint density at radius 1 is 1.13 bits per heavy atom. The Morgan fingerprint density at radius 3 is 2.43 bits per heavy atom. The van der Waals surface area contributed by atoms with Crippen LogP contribution >= 0.6 is 11.3 Å². The average molecular weight is 328 g/mol. The molecule has 4 nitrogen and oxygen atoms in total. The molecule has 2 heterocycles. The van der Waals surface area contributed by atoms with Gasteiger partial charge in [-0.25, -0.2) is 0 Å². The molecule has 2 N–H and O–H groups in total. The van der Waals surface area contributed by atoms with Gasteiger partial charge in [-0.1, -0.05) is 30.3 Å². The topological polar surface area (TPSA) is 63.4 Å². The lowest BCUT2D eigenvalue weighted by Crippen LogP contribution is -2.29. The van der Waals surface area contributed by atoms with Crippen molar-refractivity contribution in [3.63, 3.8) is 0 Å². The third-order valence-corrected chi connectivity index (χ3v) is 5.60. The van der Waals surface area contributed by atoms with Crippen LogP contribution in [-0.2, 0) is 0 Å². The summed E-state index contributed by atoms with van der Waals surface area (Å²) in [6.07, 6.45) is 0. The Balaban J connectivity index is 1.78. The van der Waals surface area contributed by atoms with Crippen molar-refractivity contribution in [1.82, 2.24) is 4.90 Å². The first-order valence-electron chi connectivity index (χ1n) is 7.75. The number of likely N-dealkylation sites (tertiary alicyclic amines) is 1. The highest BCUT2D eigenvalue weighted by molar-refractivity contribution is 7.15. The van der Waals surface area contributed by atoms with Crippen LogP contribution in [0.2, 0.25) is 0 Å². The summed E-state index contributed by atoms with van der Waals surface area (Å²) in [7, 11) is 0. The number of nitrogens with zero attached hydrogens (tertiary/aromatic N) is 1. The maximum Gasteiger partial charge on any atom is 0.263 e. The number of ketones is 1. The largest absolute Gasteiger partial charge is 0.337 e. The third kappa shape index (κ3) is 3.21. The van der Waals surface area contributed by atoms with E-state index < -0.39 is 0 Å². The lowest BCUT2D eigenvalue weighted by molar-refractivity contribution is 0.0791. The highest BCUT2D eigenvalue weighted by Gasteiger charge is 2.35. The molecular formula is C18H20N2O2S. The number of thiophene rings is 1. The second kappa shape index (κ2) is 6.64. The molecule has 1 aliphatic heterocycles. The number of amides is 1. The maximum atomic E-state index is 12.7. The lowest BCUT2D eigenvalue weighted by Gasteiger charge is -2.16. The SMILES string of the molecule is CC(=O)c1ccc(C(=O)N2C[C@@H](CN)[C@H](c3ccccc3)C2)s1. The fraction of sp³-hybridized carbons (Fsp3) is 0.333. The van der Waals surface area contributed by atoms with Crippen LogP contribution in [-0.4, -0.2) is 36.2 Å². The fourth-order valence-electron chi connectivity index (χ4n) is 3.15. The number of Topliss-reactive ketones (excluding diaryl/α,β-unsaturated/α-hetero) is 1. The Morgan fingerprint density at radius 2 is 1.83 bits per heavy atom. The van der Waals surface area contributed by atoms with Gasteiger partial charge >= 0.3 is 0 Å². The van der Waals surface area contributed by atoms with Crippen molar-refractivity contribution in [3.8, 4) is 0 Å². The molecule has 23 heavy (non-hydrogen) atoms. The van der Waals surface area contributed by atoms with Gasteiger partial charge in [-0.3, -0.25) is 9.59 Å². The van der Waals surface area contributed by atoms with Crippen LogP contribution in [0.15, 0.2) is 42.5 Å². The minimum Gasteiger partial charge on any atom is -0.337 e. The predicted octanol–water partition coefficient (Wildman–Crippen LogP) is 2.77. The minimum absolute atomic E-state index is 0.000573. The van der Waals surface area contributed by atoms with Gasteiger partial charge in [0.1, 0.15) is 0 Å². The molecule has 1 aromatic carbocycles. The third-order valence-electron chi connectivity index (χ3n) is 4.42. The van der Waals surface area contributed by atoms with Gasteiger partial charge in [0.2, 0.25) is 0 Å². The zero-order valence-electron chi connectivity index (χ0n) is 13.1. The van der Waals surface area contributed by atoms with Gasteiger partial charge in [-0.05, 0) is 37.1 Å². The summed E-state index contributed by atoms with van der Waals surface area (Å²) in [4.78, 5) is 27.2. The number of benzene rings is 1. The Labute approximate surface area is 139 Å². The number of hydrogen-bond acceptors (Lipinski definition) is 4. The molecule has 0 bridgehead atoms. The van der Waals surface area contributed by atoms with Crippen molar-refractivity contribution in [2.45, 2.75) is 12.8 Å². The van der Waals surface area contributed by atoms with E-state index in [0.29, 0.717) is 29.4 Å². The van der Waals surface area contributed by atoms with Crippen LogP contribution in [0.3, 0.4) is 0 Å². The molecule has 5 heteroatoms. The molecule has 0 unspecified atom stereocenters. The zero-order chi connectivity index (χ0) is 16.4. The summed E-state index contributed by atoms with van der Waals surface area (Å²) in [5.74, 6) is 0.544. The van der Waals surface area contributed by atoms with Gasteiger partial charge in [-0.2, -0.15) is 0 Å². The molecule has 0 spiro atoms. The second-order valence-corrected chi connectivity index (χ2v) is 7.03. The van der Waals surface area contributed by atoms with Gasteiger partial charge in [-0.15, -0.1) is 11.3 Å². The number of carbonyl (C=O) groups is 2. The van der Waals surface area contributed by atoms with Crippen LogP contribution in [0.5, 0.6) is 0 Å². The van der Waals surface area contributed by atoms with Crippen molar-refractivity contribution in [3.05, 3.63) is 57.8 Å². The van der Waals surface area contributed by atoms with Crippen molar-refractivity contribution >= 4 is 23.0 Å². The molecule has 0 saturated carbocycles. The van der Waals surface area contributed by atoms with Crippen molar-refractivity contribution in [1.29, 1.82) is 0 Å². The van der Waals surface area contributed by atoms with E-state index >= 15 is 0 Å². The minimum atomic E-state index is -0.00234. The molecule has 1 amide bonds. The fourth-order valence-corrected chi connectivity index (χ4v) is 4.02. The molecule has 1 fully saturated rings. The number of rotatable bonds is 4. The van der Waals surface area contributed by atoms with E-state index in [-0.39, 0.29) is 23.5 Å². The molecular weight excluding hydrogens is 308 g/mol. The van der Waals surface area contributed by atoms with E-state index in [2.05, 4.69) is 12.1 Å². The maximum absolute atomic E-state index is 12.7. The molecule has 3 rings (SSSR count). The average Bonchev–Trinajstić information content (AvgIpc) is 3.22. The number of nitrogens with two attached hydrogens (primary N) is 1. The zero-order valence-corrected chi connectivity index (χ0v) is 13.9. The van der Waals surface area contributed by atoms with Crippen molar-refractivity contribution < 1.29 is 9.59 Å². The smallest absolute Gasteiger partial charge is 0.263 e. The van der Waals surface area contributed by atoms with Gasteiger partial charge in [0.05, 0.1) is 9.75 Å². The number of carbonyl (C=O) groups excluding carboxylic acids is 2. The van der Waals surface area contributed by atoms with E-state index in [9.17, 15) is 9.59 Å². The molecule has 1 aliphatic rings. The summed E-state index contributed by atoms with van der Waals surface area (Å²) >= 11 is 1.27. The first-order chi connectivity index (χ1) is 11.1. The molecule has 0 radical (unpaired) electrons. The van der Waals surface area contributed by atoms with Crippen molar-refractivity contribution in [2.24, 2.45) is 11.7 Å². The standard InChI is InChI=1S/C18H20N2O2S/c1-12(21)16-7-8-17(23-16)18(22)20-10-14(9-19)15(11-20)13-5-3-2-4-6-13/h2-8,14-15H,9-11,19H2,1H3/t14-,15+/m1/s1. The first-order valence-corrected chi connectivity index (χ1v) is 8.57. The summed E-state index contributed by atoms with van der Waals surface area (Å²) in [5, 5.41) is 0. The molecule has 120 valence electrons. The highest BCUT2D eigenvalue weighted by atomic mass is 32.1. The van der Waals surface area contributed by atoms with E-state index in [0.717, 1.165) is 0 Å². The van der Waals surface area contributed by atoms with Gasteiger partial charge in [0.25, 0.3) is 5.91 Å². The van der Waals surface area contributed by atoms with Crippen LogP contribution in [0, 0.1) is 5.92 Å². The van der Waals surface area contributed by atoms with E-state index in [4.69, 9.17) is 5.73 Å². The van der Waals surface area contributed by atoms with E-state index in [1.165, 1.54) is 23.8 Å². The Hall–Kier alpha value is -1.98. The first kappa shape index (κ1) is 15.9. The van der Waals surface area contributed by atoms with Crippen molar-refractivity contribution in [2.75, 3.05) is 19.6 Å². The Kier molecular flexibility index (Phi) is 4.59. The van der Waals surface area contributed by atoms with Crippen LogP contribution in [0.25, 0.3) is 0 Å². The predicted molar refractivity (Wildman–Crippen MR) is 92.0 cm³/mol. The summed E-state index contributed by atoms with van der Waals surface area (Å²) in [6.45, 7) is 3.43.